The lowest BCUT2D eigenvalue weighted by molar-refractivity contribution is -0.117. The van der Waals surface area contributed by atoms with E-state index in [-0.39, 0.29) is 29.7 Å². The fourth-order valence-electron chi connectivity index (χ4n) is 4.73. The Morgan fingerprint density at radius 3 is 2.55 bits per heavy atom. The van der Waals surface area contributed by atoms with E-state index in [4.69, 9.17) is 0 Å². The fourth-order valence-corrected chi connectivity index (χ4v) is 5.77. The highest BCUT2D eigenvalue weighted by Crippen LogP contribution is 2.52. The fraction of sp³-hybridized carbons (Fsp3) is 0.333. The first kappa shape index (κ1) is 18.3. The van der Waals surface area contributed by atoms with E-state index in [2.05, 4.69) is 4.40 Å². The average Bonchev–Trinajstić information content (AvgIpc) is 3.18. The Balaban J connectivity index is 1.60. The van der Waals surface area contributed by atoms with Gasteiger partial charge in [-0.3, -0.25) is 9.69 Å². The van der Waals surface area contributed by atoms with Gasteiger partial charge in [0.25, 0.3) is 10.0 Å². The number of aliphatic hydroxyl groups is 1. The van der Waals surface area contributed by atoms with Crippen molar-refractivity contribution in [2.24, 2.45) is 10.3 Å². The monoisotopic (exact) mass is 411 g/mol. The van der Waals surface area contributed by atoms with Crippen LogP contribution in [0.5, 0.6) is 0 Å². The predicted molar refractivity (Wildman–Crippen MR) is 108 cm³/mol. The number of anilines is 1. The Labute approximate surface area is 169 Å². The number of amidine groups is 1. The topological polar surface area (TPSA) is 90.3 Å². The van der Waals surface area contributed by atoms with Crippen molar-refractivity contribution in [2.75, 3.05) is 11.4 Å². The van der Waals surface area contributed by atoms with Gasteiger partial charge in [0, 0.05) is 17.9 Å². The van der Waals surface area contributed by atoms with Crippen molar-refractivity contribution in [3.05, 3.63) is 59.7 Å². The molecule has 0 bridgehead atoms. The smallest absolute Gasteiger partial charge is 0.283 e. The summed E-state index contributed by atoms with van der Waals surface area (Å²) in [5.41, 5.74) is 1.11. The van der Waals surface area contributed by atoms with Crippen LogP contribution in [0.4, 0.5) is 5.69 Å². The molecule has 0 aromatic heterocycles. The number of hydrogen-bond acceptors (Lipinski definition) is 4. The van der Waals surface area contributed by atoms with Crippen molar-refractivity contribution in [2.45, 2.75) is 36.9 Å². The number of para-hydroxylation sites is 1. The Morgan fingerprint density at radius 2 is 1.83 bits per heavy atom. The van der Waals surface area contributed by atoms with Crippen LogP contribution in [0.3, 0.4) is 0 Å². The highest BCUT2D eigenvalue weighted by Gasteiger charge is 2.60. The minimum atomic E-state index is -3.92. The van der Waals surface area contributed by atoms with Gasteiger partial charge in [0.05, 0.1) is 16.2 Å². The van der Waals surface area contributed by atoms with Gasteiger partial charge in [-0.25, -0.2) is 0 Å². The highest BCUT2D eigenvalue weighted by molar-refractivity contribution is 7.90. The molecule has 29 heavy (non-hydrogen) atoms. The molecule has 0 saturated carbocycles. The van der Waals surface area contributed by atoms with Crippen LogP contribution in [0.25, 0.3) is 0 Å². The minimum absolute atomic E-state index is 0.0494. The van der Waals surface area contributed by atoms with E-state index in [1.807, 2.05) is 31.2 Å². The van der Waals surface area contributed by atoms with Crippen LogP contribution in [-0.4, -0.2) is 42.9 Å². The molecule has 0 radical (unpaired) electrons. The predicted octanol–water partition coefficient (Wildman–Crippen LogP) is 2.00. The van der Waals surface area contributed by atoms with Gasteiger partial charge >= 0.3 is 0 Å². The van der Waals surface area contributed by atoms with Crippen molar-refractivity contribution < 1.29 is 18.3 Å². The van der Waals surface area contributed by atoms with Crippen molar-refractivity contribution in [1.82, 2.24) is 4.90 Å². The van der Waals surface area contributed by atoms with E-state index in [0.29, 0.717) is 17.1 Å². The molecule has 0 unspecified atom stereocenters. The van der Waals surface area contributed by atoms with Crippen LogP contribution in [0.15, 0.2) is 57.8 Å². The van der Waals surface area contributed by atoms with Crippen molar-refractivity contribution in [3.63, 3.8) is 0 Å². The SMILES string of the molecule is Cc1ccc(S(=O)(=O)/N=C2\C[C@H]3[C@H]4N2CC(=O)N4c2ccccc2[C@@]3(C)O)cc1. The first-order valence-electron chi connectivity index (χ1n) is 9.51. The van der Waals surface area contributed by atoms with Crippen LogP contribution in [-0.2, 0) is 20.4 Å². The summed E-state index contributed by atoms with van der Waals surface area (Å²) in [4.78, 5) is 16.3. The summed E-state index contributed by atoms with van der Waals surface area (Å²) < 4.78 is 29.8. The summed E-state index contributed by atoms with van der Waals surface area (Å²) >= 11 is 0. The number of carbonyl (C=O) groups excluding carboxylic acids is 1. The molecular weight excluding hydrogens is 390 g/mol. The molecule has 0 aliphatic carbocycles. The lowest BCUT2D eigenvalue weighted by atomic mass is 9.76. The first-order valence-corrected chi connectivity index (χ1v) is 11.0. The molecule has 150 valence electrons. The number of nitrogens with zero attached hydrogens (tertiary/aromatic N) is 3. The highest BCUT2D eigenvalue weighted by atomic mass is 32.2. The third-order valence-corrected chi connectivity index (χ3v) is 7.55. The molecule has 8 heteroatoms. The van der Waals surface area contributed by atoms with Crippen molar-refractivity contribution in [1.29, 1.82) is 0 Å². The zero-order chi connectivity index (χ0) is 20.6. The molecule has 3 aliphatic rings. The van der Waals surface area contributed by atoms with Gasteiger partial charge in [-0.05, 0) is 32.0 Å². The molecule has 5 rings (SSSR count). The largest absolute Gasteiger partial charge is 0.385 e. The van der Waals surface area contributed by atoms with Gasteiger partial charge in [-0.1, -0.05) is 35.9 Å². The third-order valence-electron chi connectivity index (χ3n) is 6.23. The molecule has 3 aliphatic heterocycles. The van der Waals surface area contributed by atoms with E-state index in [0.717, 1.165) is 5.56 Å². The second-order valence-corrected chi connectivity index (χ2v) is 9.68. The molecule has 1 N–H and O–H groups in total. The summed E-state index contributed by atoms with van der Waals surface area (Å²) in [7, 11) is -3.92. The third kappa shape index (κ3) is 2.55. The van der Waals surface area contributed by atoms with Gasteiger partial charge < -0.3 is 10.0 Å². The van der Waals surface area contributed by atoms with E-state index in [1.165, 1.54) is 12.1 Å². The summed E-state index contributed by atoms with van der Waals surface area (Å²) in [6.07, 6.45) is -0.152. The average molecular weight is 411 g/mol. The van der Waals surface area contributed by atoms with Crippen molar-refractivity contribution >= 4 is 27.5 Å². The van der Waals surface area contributed by atoms with Gasteiger partial charge in [0.15, 0.2) is 0 Å². The van der Waals surface area contributed by atoms with E-state index in [1.54, 1.807) is 28.9 Å². The van der Waals surface area contributed by atoms with Crippen LogP contribution in [0, 0.1) is 12.8 Å². The summed E-state index contributed by atoms with van der Waals surface area (Å²) in [5.74, 6) is -0.164. The van der Waals surface area contributed by atoms with Crippen LogP contribution < -0.4 is 4.90 Å². The summed E-state index contributed by atoms with van der Waals surface area (Å²) in [6.45, 7) is 3.66. The Bertz CT molecular complexity index is 1150. The minimum Gasteiger partial charge on any atom is -0.385 e. The molecule has 2 aromatic rings. The zero-order valence-corrected chi connectivity index (χ0v) is 16.9. The van der Waals surface area contributed by atoms with E-state index in [9.17, 15) is 18.3 Å². The van der Waals surface area contributed by atoms with Crippen LogP contribution in [0.1, 0.15) is 24.5 Å². The number of aryl methyl sites for hydroxylation is 1. The van der Waals surface area contributed by atoms with Crippen molar-refractivity contribution in [3.8, 4) is 0 Å². The molecule has 3 heterocycles. The Morgan fingerprint density at radius 1 is 1.14 bits per heavy atom. The second kappa shape index (κ2) is 5.90. The molecular formula is C21H21N3O4S. The van der Waals surface area contributed by atoms with E-state index >= 15 is 0 Å². The Kier molecular flexibility index (Phi) is 3.73. The zero-order valence-electron chi connectivity index (χ0n) is 16.1. The van der Waals surface area contributed by atoms with Gasteiger partial charge in [-0.15, -0.1) is 4.40 Å². The normalized spacial score (nSPS) is 29.3. The number of rotatable bonds is 2. The Hall–Kier alpha value is -2.71. The van der Waals surface area contributed by atoms with Gasteiger partial charge in [0.1, 0.15) is 18.5 Å². The number of benzene rings is 2. The van der Waals surface area contributed by atoms with Crippen LogP contribution in [0.2, 0.25) is 0 Å². The lowest BCUT2D eigenvalue weighted by Crippen LogP contribution is -2.52. The molecule has 0 spiro atoms. The molecule has 2 fully saturated rings. The molecule has 2 saturated heterocycles. The second-order valence-electron chi connectivity index (χ2n) is 8.08. The van der Waals surface area contributed by atoms with Gasteiger partial charge in [-0.2, -0.15) is 8.42 Å². The number of sulfonamides is 1. The summed E-state index contributed by atoms with van der Waals surface area (Å²) in [6, 6.07) is 13.8. The van der Waals surface area contributed by atoms with Crippen LogP contribution >= 0.6 is 0 Å². The molecule has 1 amide bonds. The van der Waals surface area contributed by atoms with E-state index < -0.39 is 21.8 Å². The molecule has 7 nitrogen and oxygen atoms in total. The number of amides is 1. The lowest BCUT2D eigenvalue weighted by Gasteiger charge is -2.44. The first-order chi connectivity index (χ1) is 13.7. The standard InChI is InChI=1S/C21H21N3O4S/c1-13-7-9-14(10-8-13)29(27,28)22-18-11-16-20-23(18)12-19(25)24(20)17-6-4-3-5-15(17)21(16,2)26/h3-10,16,20,26H,11-12H2,1-2H3/b22-18+/t16-,20-,21+/m0/s1. The number of fused-ring (bicyclic) bond motifs is 2. The maximum absolute atomic E-state index is 12.9. The summed E-state index contributed by atoms with van der Waals surface area (Å²) in [5, 5.41) is 11.3. The maximum atomic E-state index is 12.9. The number of hydrogen-bond donors (Lipinski definition) is 1. The van der Waals surface area contributed by atoms with Gasteiger partial charge in [0.2, 0.25) is 5.91 Å². The quantitative estimate of drug-likeness (QED) is 0.816. The maximum Gasteiger partial charge on any atom is 0.283 e. The molecule has 2 aromatic carbocycles. The molecule has 3 atom stereocenters. The number of carbonyl (C=O) groups is 1.